The smallest absolute Gasteiger partial charge is 0.225 e. The number of fused-ring (bicyclic) bond motifs is 2. The highest BCUT2D eigenvalue weighted by Gasteiger charge is 2.95. The fourth-order valence-corrected chi connectivity index (χ4v) is 5.01. The molecule has 0 N–H and O–H groups in total. The van der Waals surface area contributed by atoms with Gasteiger partial charge < -0.3 is 0 Å². The molecule has 0 amide bonds. The molecule has 0 aromatic heterocycles. The van der Waals surface area contributed by atoms with Crippen molar-refractivity contribution in [2.24, 2.45) is 0 Å². The Bertz CT molecular complexity index is 410. The van der Waals surface area contributed by atoms with Crippen molar-refractivity contribution in [2.45, 2.75) is 52.3 Å². The van der Waals surface area contributed by atoms with Crippen LogP contribution in [0.5, 0.6) is 0 Å². The van der Waals surface area contributed by atoms with Crippen LogP contribution >= 0.6 is 23.2 Å². The van der Waals surface area contributed by atoms with E-state index in [0.29, 0.717) is 0 Å². The quantitative estimate of drug-likeness (QED) is 0.358. The van der Waals surface area contributed by atoms with Crippen molar-refractivity contribution in [3.05, 3.63) is 0 Å². The zero-order valence-electron chi connectivity index (χ0n) is 8.94. The van der Waals surface area contributed by atoms with Gasteiger partial charge in [0.25, 0.3) is 11.6 Å². The van der Waals surface area contributed by atoms with Crippen molar-refractivity contribution in [2.75, 3.05) is 0 Å². The van der Waals surface area contributed by atoms with Crippen LogP contribution in [0, 0.1) is 0 Å². The summed E-state index contributed by atoms with van der Waals surface area (Å²) in [6.07, 6.45) is -7.28. The van der Waals surface area contributed by atoms with Gasteiger partial charge in [-0.05, 0) is 19.8 Å². The third-order valence-electron chi connectivity index (χ3n) is 3.98. The monoisotopic (exact) mass is 327 g/mol. The Kier molecular flexibility index (Phi) is 2.60. The first kappa shape index (κ1) is 14.8. The summed E-state index contributed by atoms with van der Waals surface area (Å²) in [4.78, 5) is -4.84. The number of hydrogen-bond donors (Lipinski definition) is 0. The first-order valence-electron chi connectivity index (χ1n) is 4.93. The maximum atomic E-state index is 14.3. The number of halogens is 8. The van der Waals surface area contributed by atoms with Gasteiger partial charge in [-0.15, -0.1) is 23.2 Å². The Hall–Kier alpha value is 0.377. The SMILES string of the molecule is CC1(Cl)CC2([Si])CC1(Cl)C(F)(C(F)(F)F)C2(F)F. The summed E-state index contributed by atoms with van der Waals surface area (Å²) >= 11 is 11.4. The van der Waals surface area contributed by atoms with Crippen LogP contribution in [0.1, 0.15) is 19.8 Å². The van der Waals surface area contributed by atoms with E-state index in [1.54, 1.807) is 0 Å². The van der Waals surface area contributed by atoms with E-state index < -0.39 is 45.4 Å². The molecule has 2 fully saturated rings. The molecule has 9 heteroatoms. The van der Waals surface area contributed by atoms with Crippen LogP contribution in [0.25, 0.3) is 0 Å². The van der Waals surface area contributed by atoms with Crippen molar-refractivity contribution in [1.29, 1.82) is 0 Å². The van der Waals surface area contributed by atoms with E-state index in [2.05, 4.69) is 10.2 Å². The summed E-state index contributed by atoms with van der Waals surface area (Å²) in [5.74, 6) is -4.69. The zero-order valence-corrected chi connectivity index (χ0v) is 11.4. The fraction of sp³-hybridized carbons (Fsp3) is 1.00. The molecule has 103 valence electrons. The first-order chi connectivity index (χ1) is 7.66. The average Bonchev–Trinajstić information content (AvgIpc) is 2.36. The first-order valence-corrected chi connectivity index (χ1v) is 6.18. The molecule has 2 aliphatic rings. The van der Waals surface area contributed by atoms with Gasteiger partial charge >= 0.3 is 6.18 Å². The highest BCUT2D eigenvalue weighted by molar-refractivity contribution is 6.38. The maximum absolute atomic E-state index is 14.3. The van der Waals surface area contributed by atoms with E-state index in [0.717, 1.165) is 6.92 Å². The normalized spacial score (nSPS) is 55.0. The molecule has 4 atom stereocenters. The zero-order chi connectivity index (χ0) is 14.4. The molecule has 2 saturated carbocycles. The second-order valence-corrected chi connectivity index (χ2v) is 7.60. The molecule has 2 rings (SSSR count). The molecule has 2 aliphatic carbocycles. The van der Waals surface area contributed by atoms with E-state index in [1.807, 2.05) is 0 Å². The molecule has 0 aromatic rings. The lowest BCUT2D eigenvalue weighted by molar-refractivity contribution is -0.313. The van der Waals surface area contributed by atoms with Crippen molar-refractivity contribution in [3.63, 3.8) is 0 Å². The predicted molar refractivity (Wildman–Crippen MR) is 55.4 cm³/mol. The van der Waals surface area contributed by atoms with Crippen molar-refractivity contribution >= 4 is 33.4 Å². The lowest BCUT2D eigenvalue weighted by Crippen LogP contribution is -2.71. The fourth-order valence-electron chi connectivity index (χ4n) is 3.05. The average molecular weight is 328 g/mol. The third-order valence-corrected chi connectivity index (χ3v) is 6.01. The van der Waals surface area contributed by atoms with Crippen LogP contribution in [0.3, 0.4) is 0 Å². The number of hydrogen-bond acceptors (Lipinski definition) is 0. The third kappa shape index (κ3) is 1.18. The highest BCUT2D eigenvalue weighted by Crippen LogP contribution is 2.81. The topological polar surface area (TPSA) is 0 Å². The molecular formula is C9H7Cl2F6Si. The second-order valence-electron chi connectivity index (χ2n) is 5.16. The standard InChI is InChI=1S/C9H7Cl2F6Si/c1-4(10)2-5(18)3-6(4,11)7(12,8(5,13)14)9(15,16)17/h2-3H2,1H3. The molecule has 2 bridgehead atoms. The highest BCUT2D eigenvalue weighted by atomic mass is 35.5. The predicted octanol–water partition coefficient (Wildman–Crippen LogP) is 4.00. The molecule has 0 spiro atoms. The minimum atomic E-state index is -5.82. The lowest BCUT2D eigenvalue weighted by atomic mass is 9.74. The van der Waals surface area contributed by atoms with Crippen LogP contribution in [-0.4, -0.2) is 37.8 Å². The molecule has 0 nitrogen and oxygen atoms in total. The molecule has 0 heterocycles. The van der Waals surface area contributed by atoms with E-state index >= 15 is 0 Å². The van der Waals surface area contributed by atoms with Crippen LogP contribution in [0.2, 0.25) is 5.04 Å². The van der Waals surface area contributed by atoms with Crippen LogP contribution < -0.4 is 0 Å². The van der Waals surface area contributed by atoms with Crippen LogP contribution in [-0.2, 0) is 0 Å². The van der Waals surface area contributed by atoms with E-state index in [1.165, 1.54) is 0 Å². The van der Waals surface area contributed by atoms with Crippen LogP contribution in [0.4, 0.5) is 26.3 Å². The van der Waals surface area contributed by atoms with Gasteiger partial charge in [0.15, 0.2) is 0 Å². The Morgan fingerprint density at radius 2 is 1.50 bits per heavy atom. The molecule has 4 unspecified atom stereocenters. The minimum Gasteiger partial charge on any atom is -0.225 e. The van der Waals surface area contributed by atoms with Gasteiger partial charge in [0, 0.05) is 15.3 Å². The minimum absolute atomic E-state index is 0.559. The molecule has 3 radical (unpaired) electrons. The summed E-state index contributed by atoms with van der Waals surface area (Å²) in [5, 5.41) is -2.39. The second kappa shape index (κ2) is 3.16. The van der Waals surface area contributed by atoms with E-state index in [-0.39, 0.29) is 0 Å². The van der Waals surface area contributed by atoms with Gasteiger partial charge in [0.2, 0.25) is 0 Å². The summed E-state index contributed by atoms with van der Waals surface area (Å²) in [6.45, 7) is 1.04. The number of rotatable bonds is 0. The lowest BCUT2D eigenvalue weighted by Gasteiger charge is -2.50. The Labute approximate surface area is 112 Å². The van der Waals surface area contributed by atoms with Gasteiger partial charge in [-0.25, -0.2) is 13.2 Å². The van der Waals surface area contributed by atoms with Gasteiger partial charge in [0.05, 0.1) is 4.87 Å². The van der Waals surface area contributed by atoms with Gasteiger partial charge in [-0.1, -0.05) is 0 Å². The van der Waals surface area contributed by atoms with Crippen LogP contribution in [0.15, 0.2) is 0 Å². The van der Waals surface area contributed by atoms with Crippen molar-refractivity contribution in [3.8, 4) is 0 Å². The molecule has 0 saturated heterocycles. The Balaban J connectivity index is 2.74. The molecule has 0 aliphatic heterocycles. The van der Waals surface area contributed by atoms with Gasteiger partial charge in [-0.2, -0.15) is 13.2 Å². The summed E-state index contributed by atoms with van der Waals surface area (Å²) in [5.41, 5.74) is -4.87. The summed E-state index contributed by atoms with van der Waals surface area (Å²) in [6, 6.07) is 0. The largest absolute Gasteiger partial charge is 0.430 e. The Morgan fingerprint density at radius 3 is 1.78 bits per heavy atom. The Morgan fingerprint density at radius 1 is 1.06 bits per heavy atom. The molecule has 0 aromatic carbocycles. The molecular weight excluding hydrogens is 321 g/mol. The van der Waals surface area contributed by atoms with Gasteiger partial charge in [0.1, 0.15) is 4.87 Å². The van der Waals surface area contributed by atoms with Gasteiger partial charge in [-0.3, -0.25) is 0 Å². The van der Waals surface area contributed by atoms with E-state index in [9.17, 15) is 26.3 Å². The summed E-state index contributed by atoms with van der Waals surface area (Å²) in [7, 11) is 2.59. The summed E-state index contributed by atoms with van der Waals surface area (Å²) < 4.78 is 80.5. The molecule has 18 heavy (non-hydrogen) atoms. The van der Waals surface area contributed by atoms with Crippen molar-refractivity contribution in [1.82, 2.24) is 0 Å². The maximum Gasteiger partial charge on any atom is 0.430 e. The van der Waals surface area contributed by atoms with E-state index in [4.69, 9.17) is 23.2 Å². The van der Waals surface area contributed by atoms with Crippen molar-refractivity contribution < 1.29 is 26.3 Å². The number of alkyl halides is 8.